The molecule has 216 valence electrons. The molecule has 1 aliphatic heterocycles. The predicted octanol–water partition coefficient (Wildman–Crippen LogP) is 5.05. The van der Waals surface area contributed by atoms with Gasteiger partial charge in [0.15, 0.2) is 16.3 Å². The van der Waals surface area contributed by atoms with Gasteiger partial charge < -0.3 is 18.9 Å². The second-order valence-electron chi connectivity index (χ2n) is 9.37. The number of nitrogens with zero attached hydrogens (tertiary/aromatic N) is 2. The Bertz CT molecular complexity index is 1840. The van der Waals surface area contributed by atoms with Crippen LogP contribution in [-0.4, -0.2) is 31.4 Å². The number of fused-ring (bicyclic) bond motifs is 1. The van der Waals surface area contributed by atoms with Gasteiger partial charge in [0.2, 0.25) is 0 Å². The number of para-hydroxylation sites is 1. The number of halogens is 1. The molecule has 1 atom stereocenters. The minimum atomic E-state index is -0.779. The van der Waals surface area contributed by atoms with Gasteiger partial charge in [-0.2, -0.15) is 0 Å². The van der Waals surface area contributed by atoms with Crippen molar-refractivity contribution in [1.82, 2.24) is 4.57 Å². The molecule has 3 aromatic carbocycles. The van der Waals surface area contributed by atoms with Crippen molar-refractivity contribution in [2.45, 2.75) is 26.5 Å². The zero-order valence-corrected chi connectivity index (χ0v) is 25.1. The molecule has 2 heterocycles. The smallest absolute Gasteiger partial charge is 0.338 e. The van der Waals surface area contributed by atoms with Crippen LogP contribution in [0.4, 0.5) is 0 Å². The molecule has 0 saturated heterocycles. The molecule has 5 rings (SSSR count). The number of hydrogen-bond donors (Lipinski definition) is 0. The third-order valence-corrected chi connectivity index (χ3v) is 7.99. The van der Waals surface area contributed by atoms with E-state index < -0.39 is 12.0 Å². The fourth-order valence-corrected chi connectivity index (χ4v) is 5.91. The molecular formula is C32H29ClN2O6S. The Balaban J connectivity index is 1.61. The Morgan fingerprint density at radius 2 is 1.76 bits per heavy atom. The summed E-state index contributed by atoms with van der Waals surface area (Å²) in [5.41, 5.74) is 2.83. The number of benzene rings is 3. The van der Waals surface area contributed by atoms with Crippen LogP contribution >= 0.6 is 22.9 Å². The van der Waals surface area contributed by atoms with Crippen LogP contribution in [0.1, 0.15) is 36.6 Å². The summed E-state index contributed by atoms with van der Waals surface area (Å²) in [4.78, 5) is 32.4. The molecule has 0 fully saturated rings. The third-order valence-electron chi connectivity index (χ3n) is 6.75. The number of hydrogen-bond acceptors (Lipinski definition) is 8. The summed E-state index contributed by atoms with van der Waals surface area (Å²) in [5, 5.41) is 0.655. The van der Waals surface area contributed by atoms with Crippen LogP contribution in [0.3, 0.4) is 0 Å². The van der Waals surface area contributed by atoms with Gasteiger partial charge in [-0.1, -0.05) is 59.3 Å². The summed E-state index contributed by atoms with van der Waals surface area (Å²) in [7, 11) is 3.08. The van der Waals surface area contributed by atoms with Gasteiger partial charge in [0, 0.05) is 10.6 Å². The number of aromatic nitrogens is 1. The van der Waals surface area contributed by atoms with Crippen molar-refractivity contribution in [2.75, 3.05) is 20.8 Å². The molecule has 10 heteroatoms. The van der Waals surface area contributed by atoms with Crippen molar-refractivity contribution in [3.05, 3.63) is 119 Å². The van der Waals surface area contributed by atoms with Crippen LogP contribution in [-0.2, 0) is 16.1 Å². The lowest BCUT2D eigenvalue weighted by molar-refractivity contribution is -0.139. The van der Waals surface area contributed by atoms with Crippen molar-refractivity contribution in [2.24, 2.45) is 4.99 Å². The number of thiazole rings is 1. The van der Waals surface area contributed by atoms with Gasteiger partial charge in [-0.25, -0.2) is 9.79 Å². The maximum Gasteiger partial charge on any atom is 0.338 e. The Hall–Kier alpha value is -4.34. The van der Waals surface area contributed by atoms with E-state index in [1.54, 1.807) is 45.2 Å². The molecule has 0 saturated carbocycles. The second kappa shape index (κ2) is 12.7. The fraction of sp³-hybridized carbons (Fsp3) is 0.219. The molecular weight excluding hydrogens is 576 g/mol. The summed E-state index contributed by atoms with van der Waals surface area (Å²) in [6.07, 6.45) is 1.79. The van der Waals surface area contributed by atoms with Gasteiger partial charge in [-0.3, -0.25) is 9.36 Å². The number of rotatable bonds is 9. The van der Waals surface area contributed by atoms with E-state index in [9.17, 15) is 9.59 Å². The minimum Gasteiger partial charge on any atom is -0.493 e. The highest BCUT2D eigenvalue weighted by Crippen LogP contribution is 2.36. The summed E-state index contributed by atoms with van der Waals surface area (Å²) in [6, 6.07) is 19.5. The van der Waals surface area contributed by atoms with Crippen LogP contribution in [0, 0.1) is 0 Å². The highest BCUT2D eigenvalue weighted by Gasteiger charge is 2.34. The molecule has 1 aromatic heterocycles. The van der Waals surface area contributed by atoms with E-state index in [1.165, 1.54) is 23.0 Å². The average molecular weight is 605 g/mol. The first-order valence-electron chi connectivity index (χ1n) is 13.2. The SMILES string of the molecule is CCOC(=O)C1=C(C)N=c2s/c(=C\c3ccccc3OCc3ccc(Cl)cc3)c(=O)n2[C@@H]1c1ccc(OC)c(OC)c1. The largest absolute Gasteiger partial charge is 0.493 e. The van der Waals surface area contributed by atoms with E-state index in [2.05, 4.69) is 4.99 Å². The molecule has 4 aromatic rings. The first-order chi connectivity index (χ1) is 20.3. The monoisotopic (exact) mass is 604 g/mol. The lowest BCUT2D eigenvalue weighted by Crippen LogP contribution is -2.40. The Morgan fingerprint density at radius 1 is 1.02 bits per heavy atom. The Labute approximate surface area is 251 Å². The summed E-state index contributed by atoms with van der Waals surface area (Å²) >= 11 is 7.25. The molecule has 0 spiro atoms. The maximum absolute atomic E-state index is 14.0. The molecule has 0 aliphatic carbocycles. The van der Waals surface area contributed by atoms with Gasteiger partial charge in [0.1, 0.15) is 12.4 Å². The summed E-state index contributed by atoms with van der Waals surface area (Å²) < 4.78 is 24.4. The molecule has 42 heavy (non-hydrogen) atoms. The number of allylic oxidation sites excluding steroid dienone is 1. The van der Waals surface area contributed by atoms with Crippen LogP contribution in [0.25, 0.3) is 6.08 Å². The molecule has 0 bridgehead atoms. The van der Waals surface area contributed by atoms with E-state index in [1.807, 2.05) is 48.5 Å². The van der Waals surface area contributed by atoms with Crippen molar-refractivity contribution >= 4 is 35.0 Å². The summed E-state index contributed by atoms with van der Waals surface area (Å²) in [5.74, 6) is 1.09. The topological polar surface area (TPSA) is 88.4 Å². The second-order valence-corrected chi connectivity index (χ2v) is 10.8. The molecule has 0 N–H and O–H groups in total. The van der Waals surface area contributed by atoms with Gasteiger partial charge in [-0.05, 0) is 61.4 Å². The number of carbonyl (C=O) groups excluding carboxylic acids is 1. The van der Waals surface area contributed by atoms with Gasteiger partial charge >= 0.3 is 5.97 Å². The first-order valence-corrected chi connectivity index (χ1v) is 14.4. The van der Waals surface area contributed by atoms with Crippen molar-refractivity contribution in [3.8, 4) is 17.2 Å². The zero-order chi connectivity index (χ0) is 29.8. The normalized spacial score (nSPS) is 14.7. The van der Waals surface area contributed by atoms with Crippen LogP contribution in [0.15, 0.2) is 87.8 Å². The quantitative estimate of drug-likeness (QED) is 0.249. The number of carbonyl (C=O) groups is 1. The lowest BCUT2D eigenvalue weighted by Gasteiger charge is -2.25. The van der Waals surface area contributed by atoms with Crippen LogP contribution in [0.2, 0.25) is 5.02 Å². The predicted molar refractivity (Wildman–Crippen MR) is 162 cm³/mol. The van der Waals surface area contributed by atoms with Crippen LogP contribution < -0.4 is 29.1 Å². The van der Waals surface area contributed by atoms with E-state index in [0.717, 1.165) is 11.1 Å². The zero-order valence-electron chi connectivity index (χ0n) is 23.5. The Morgan fingerprint density at radius 3 is 2.48 bits per heavy atom. The van der Waals surface area contributed by atoms with Gasteiger partial charge in [-0.15, -0.1) is 0 Å². The van der Waals surface area contributed by atoms with Crippen LogP contribution in [0.5, 0.6) is 17.2 Å². The first kappa shape index (κ1) is 29.2. The fourth-order valence-electron chi connectivity index (χ4n) is 4.74. The minimum absolute atomic E-state index is 0.186. The molecule has 1 aliphatic rings. The van der Waals surface area contributed by atoms with Crippen molar-refractivity contribution < 1.29 is 23.7 Å². The molecule has 8 nitrogen and oxygen atoms in total. The maximum atomic E-state index is 14.0. The van der Waals surface area contributed by atoms with Gasteiger partial charge in [0.25, 0.3) is 5.56 Å². The average Bonchev–Trinajstić information content (AvgIpc) is 3.30. The lowest BCUT2D eigenvalue weighted by atomic mass is 9.95. The highest BCUT2D eigenvalue weighted by atomic mass is 35.5. The van der Waals surface area contributed by atoms with Gasteiger partial charge in [0.05, 0.1) is 42.7 Å². The number of methoxy groups -OCH3 is 2. The van der Waals surface area contributed by atoms with E-state index >= 15 is 0 Å². The third kappa shape index (κ3) is 5.84. The highest BCUT2D eigenvalue weighted by molar-refractivity contribution is 7.07. The number of esters is 1. The Kier molecular flexibility index (Phi) is 8.80. The number of ether oxygens (including phenoxy) is 4. The standard InChI is InChI=1S/C32H29ClN2O6S/c1-5-40-31(37)28-19(2)34-32-35(29(28)22-12-15-25(38-3)26(16-22)39-4)30(36)27(42-32)17-21-8-6-7-9-24(21)41-18-20-10-13-23(33)14-11-20/h6-17,29H,5,18H2,1-4H3/b27-17-/t29-/m1/s1. The molecule has 0 radical (unpaired) electrons. The summed E-state index contributed by atoms with van der Waals surface area (Å²) in [6.45, 7) is 4.01. The molecule has 0 unspecified atom stereocenters. The van der Waals surface area contributed by atoms with E-state index in [0.29, 0.717) is 49.5 Å². The van der Waals surface area contributed by atoms with E-state index in [-0.39, 0.29) is 17.7 Å². The van der Waals surface area contributed by atoms with Crippen molar-refractivity contribution in [1.29, 1.82) is 0 Å². The van der Waals surface area contributed by atoms with E-state index in [4.69, 9.17) is 30.5 Å². The molecule has 0 amide bonds. The van der Waals surface area contributed by atoms with Crippen molar-refractivity contribution in [3.63, 3.8) is 0 Å².